The number of carboxylic acids is 1. The van der Waals surface area contributed by atoms with Gasteiger partial charge >= 0.3 is 5.97 Å². The Morgan fingerprint density at radius 1 is 1.07 bits per heavy atom. The van der Waals surface area contributed by atoms with Crippen molar-refractivity contribution in [1.29, 1.82) is 0 Å². The first-order chi connectivity index (χ1) is 13.8. The number of phenolic OH excluding ortho intramolecular Hbond substituents is 1. The van der Waals surface area contributed by atoms with Crippen LogP contribution in [-0.2, 0) is 11.2 Å². The molecule has 1 aliphatic rings. The van der Waals surface area contributed by atoms with Gasteiger partial charge in [0.15, 0.2) is 5.78 Å². The Labute approximate surface area is 170 Å². The highest BCUT2D eigenvalue weighted by Gasteiger charge is 2.32. The van der Waals surface area contributed by atoms with E-state index < -0.39 is 5.97 Å². The molecule has 0 radical (unpaired) electrons. The normalized spacial score (nSPS) is 14.1. The molecule has 0 unspecified atom stereocenters. The zero-order valence-electron chi connectivity index (χ0n) is 16.9. The van der Waals surface area contributed by atoms with Crippen molar-refractivity contribution in [2.24, 2.45) is 0 Å². The van der Waals surface area contributed by atoms with Crippen LogP contribution in [0.15, 0.2) is 24.3 Å². The summed E-state index contributed by atoms with van der Waals surface area (Å²) in [4.78, 5) is 23.2. The fourth-order valence-corrected chi connectivity index (χ4v) is 4.42. The van der Waals surface area contributed by atoms with Crippen LogP contribution in [0.2, 0.25) is 0 Å². The molecule has 1 atom stereocenters. The number of unbranched alkanes of at least 4 members (excludes halogenated alkanes) is 2. The molecule has 0 aromatic heterocycles. The van der Waals surface area contributed by atoms with Gasteiger partial charge in [-0.1, -0.05) is 25.0 Å². The van der Waals surface area contributed by atoms with Gasteiger partial charge in [0, 0.05) is 29.9 Å². The van der Waals surface area contributed by atoms with E-state index in [2.05, 4.69) is 0 Å². The van der Waals surface area contributed by atoms with E-state index in [1.807, 2.05) is 13.8 Å². The zero-order valence-corrected chi connectivity index (χ0v) is 16.9. The number of rotatable bonds is 8. The van der Waals surface area contributed by atoms with Crippen LogP contribution in [0, 0.1) is 19.7 Å². The first-order valence-electron chi connectivity index (χ1n) is 10.2. The zero-order chi connectivity index (χ0) is 21.1. The van der Waals surface area contributed by atoms with Crippen LogP contribution in [-0.4, -0.2) is 22.0 Å². The Morgan fingerprint density at radius 3 is 2.41 bits per heavy atom. The minimum atomic E-state index is -0.803. The van der Waals surface area contributed by atoms with Gasteiger partial charge in [-0.05, 0) is 67.5 Å². The molecule has 0 fully saturated rings. The number of phenols is 1. The highest BCUT2D eigenvalue weighted by Crippen LogP contribution is 2.45. The van der Waals surface area contributed by atoms with E-state index in [0.717, 1.165) is 40.7 Å². The van der Waals surface area contributed by atoms with Crippen molar-refractivity contribution in [3.8, 4) is 5.75 Å². The van der Waals surface area contributed by atoms with Gasteiger partial charge in [0.25, 0.3) is 0 Å². The standard InChI is InChI=1S/C24H27FO4/c1-14-15(2)24(29)23(19-12-13-20(26)22(14)19)18(6-4-3-5-7-21(27)28)16-8-10-17(25)11-9-16/h8-11,18,29H,3-7,12-13H2,1-2H3,(H,27,28)/t18-/m0/s1. The summed E-state index contributed by atoms with van der Waals surface area (Å²) >= 11 is 0. The summed E-state index contributed by atoms with van der Waals surface area (Å²) in [5.74, 6) is -0.960. The van der Waals surface area contributed by atoms with Gasteiger partial charge in [0.1, 0.15) is 11.6 Å². The average molecular weight is 398 g/mol. The van der Waals surface area contributed by atoms with Gasteiger partial charge < -0.3 is 10.2 Å². The Balaban J connectivity index is 2.00. The maximum Gasteiger partial charge on any atom is 0.303 e. The molecule has 3 rings (SSSR count). The SMILES string of the molecule is Cc1c(C)c2c(c([C@@H](CCCCCC(=O)O)c3ccc(F)cc3)c1O)CCC2=O. The topological polar surface area (TPSA) is 74.6 Å². The average Bonchev–Trinajstić information content (AvgIpc) is 3.06. The predicted octanol–water partition coefficient (Wildman–Crippen LogP) is 5.44. The summed E-state index contributed by atoms with van der Waals surface area (Å²) in [6.45, 7) is 3.70. The van der Waals surface area contributed by atoms with Crippen molar-refractivity contribution < 1.29 is 24.2 Å². The summed E-state index contributed by atoms with van der Waals surface area (Å²) < 4.78 is 13.5. The van der Waals surface area contributed by atoms with Crippen molar-refractivity contribution in [3.05, 3.63) is 63.5 Å². The van der Waals surface area contributed by atoms with Gasteiger partial charge in [0.05, 0.1) is 0 Å². The van der Waals surface area contributed by atoms with E-state index in [1.165, 1.54) is 12.1 Å². The quantitative estimate of drug-likeness (QED) is 0.580. The maximum absolute atomic E-state index is 13.5. The third-order valence-corrected chi connectivity index (χ3v) is 6.06. The van der Waals surface area contributed by atoms with Gasteiger partial charge in [-0.3, -0.25) is 9.59 Å². The lowest BCUT2D eigenvalue weighted by molar-refractivity contribution is -0.137. The van der Waals surface area contributed by atoms with Crippen LogP contribution < -0.4 is 0 Å². The molecular weight excluding hydrogens is 371 g/mol. The number of halogens is 1. The van der Waals surface area contributed by atoms with E-state index >= 15 is 0 Å². The Hall–Kier alpha value is -2.69. The molecule has 0 heterocycles. The van der Waals surface area contributed by atoms with Crippen LogP contribution >= 0.6 is 0 Å². The van der Waals surface area contributed by atoms with Gasteiger partial charge in [-0.15, -0.1) is 0 Å². The lowest BCUT2D eigenvalue weighted by atomic mass is 9.80. The molecule has 5 heteroatoms. The molecule has 4 nitrogen and oxygen atoms in total. The molecule has 2 aromatic carbocycles. The van der Waals surface area contributed by atoms with Crippen molar-refractivity contribution in [1.82, 2.24) is 0 Å². The van der Waals surface area contributed by atoms with Crippen LogP contribution in [0.5, 0.6) is 5.75 Å². The minimum absolute atomic E-state index is 0.112. The number of Topliss-reactive ketones (excluding diaryl/α,β-unsaturated/α-hetero) is 1. The third-order valence-electron chi connectivity index (χ3n) is 6.06. The lowest BCUT2D eigenvalue weighted by Gasteiger charge is -2.24. The number of carbonyl (C=O) groups is 2. The van der Waals surface area contributed by atoms with Gasteiger partial charge in [0.2, 0.25) is 0 Å². The number of ketones is 1. The number of aromatic hydroxyl groups is 1. The Kier molecular flexibility index (Phi) is 6.36. The van der Waals surface area contributed by atoms with Crippen molar-refractivity contribution >= 4 is 11.8 Å². The molecule has 2 aromatic rings. The van der Waals surface area contributed by atoms with Crippen LogP contribution in [0.4, 0.5) is 4.39 Å². The van der Waals surface area contributed by atoms with Crippen LogP contribution in [0.1, 0.15) is 82.6 Å². The fourth-order valence-electron chi connectivity index (χ4n) is 4.42. The molecule has 154 valence electrons. The number of hydrogen-bond donors (Lipinski definition) is 2. The molecule has 0 bridgehead atoms. The van der Waals surface area contributed by atoms with Crippen LogP contribution in [0.25, 0.3) is 0 Å². The summed E-state index contributed by atoms with van der Waals surface area (Å²) in [6.07, 6.45) is 4.03. The second-order valence-corrected chi connectivity index (χ2v) is 7.89. The molecule has 2 N–H and O–H groups in total. The lowest BCUT2D eigenvalue weighted by Crippen LogP contribution is -2.09. The third kappa shape index (κ3) is 4.34. The second kappa shape index (κ2) is 8.76. The number of carboxylic acid groups (broad SMARTS) is 1. The highest BCUT2D eigenvalue weighted by atomic mass is 19.1. The van der Waals surface area contributed by atoms with Crippen molar-refractivity contribution in [2.75, 3.05) is 0 Å². The molecule has 1 aliphatic carbocycles. The fraction of sp³-hybridized carbons (Fsp3) is 0.417. The molecule has 0 aliphatic heterocycles. The van der Waals surface area contributed by atoms with E-state index in [9.17, 15) is 19.1 Å². The van der Waals surface area contributed by atoms with E-state index in [1.54, 1.807) is 12.1 Å². The van der Waals surface area contributed by atoms with Crippen molar-refractivity contribution in [2.45, 2.75) is 64.7 Å². The number of carbonyl (C=O) groups excluding carboxylic acids is 1. The first kappa shape index (κ1) is 21.0. The molecule has 0 saturated carbocycles. The smallest absolute Gasteiger partial charge is 0.303 e. The van der Waals surface area contributed by atoms with E-state index in [-0.39, 0.29) is 29.7 Å². The monoisotopic (exact) mass is 398 g/mol. The number of hydrogen-bond acceptors (Lipinski definition) is 3. The van der Waals surface area contributed by atoms with E-state index in [4.69, 9.17) is 5.11 Å². The largest absolute Gasteiger partial charge is 0.507 e. The highest BCUT2D eigenvalue weighted by molar-refractivity contribution is 6.03. The molecule has 0 amide bonds. The maximum atomic E-state index is 13.5. The van der Waals surface area contributed by atoms with Crippen molar-refractivity contribution in [3.63, 3.8) is 0 Å². The molecule has 0 saturated heterocycles. The number of fused-ring (bicyclic) bond motifs is 1. The second-order valence-electron chi connectivity index (χ2n) is 7.89. The van der Waals surface area contributed by atoms with Gasteiger partial charge in [-0.25, -0.2) is 4.39 Å². The first-order valence-corrected chi connectivity index (χ1v) is 10.2. The molecule has 29 heavy (non-hydrogen) atoms. The summed E-state index contributed by atoms with van der Waals surface area (Å²) in [5, 5.41) is 19.9. The number of aliphatic carboxylic acids is 1. The predicted molar refractivity (Wildman–Crippen MR) is 109 cm³/mol. The Bertz CT molecular complexity index is 931. The van der Waals surface area contributed by atoms with Gasteiger partial charge in [-0.2, -0.15) is 0 Å². The summed E-state index contributed by atoms with van der Waals surface area (Å²) in [7, 11) is 0. The van der Waals surface area contributed by atoms with Crippen LogP contribution in [0.3, 0.4) is 0 Å². The minimum Gasteiger partial charge on any atom is -0.507 e. The summed E-state index contributed by atoms with van der Waals surface area (Å²) in [5.41, 5.74) is 4.86. The molecular formula is C24H27FO4. The summed E-state index contributed by atoms with van der Waals surface area (Å²) in [6, 6.07) is 6.29. The van der Waals surface area contributed by atoms with E-state index in [0.29, 0.717) is 31.2 Å². The number of benzene rings is 2. The molecule has 0 spiro atoms. The Morgan fingerprint density at radius 2 is 1.76 bits per heavy atom.